The van der Waals surface area contributed by atoms with Gasteiger partial charge in [-0.25, -0.2) is 9.97 Å². The number of nitrogens with zero attached hydrogens (tertiary/aromatic N) is 2. The molecule has 3 aromatic rings. The van der Waals surface area contributed by atoms with Crippen molar-refractivity contribution in [3.63, 3.8) is 0 Å². The molecule has 1 aromatic carbocycles. The summed E-state index contributed by atoms with van der Waals surface area (Å²) in [6.07, 6.45) is 2.28. The van der Waals surface area contributed by atoms with Crippen LogP contribution in [0.5, 0.6) is 0 Å². The Labute approximate surface area is 140 Å². The average Bonchev–Trinajstić information content (AvgIpc) is 3.01. The third-order valence-corrected chi connectivity index (χ3v) is 5.32. The summed E-state index contributed by atoms with van der Waals surface area (Å²) < 4.78 is 0. The molecule has 0 aliphatic carbocycles. The van der Waals surface area contributed by atoms with Gasteiger partial charge in [0.25, 0.3) is 0 Å². The highest BCUT2D eigenvalue weighted by atomic mass is 32.1. The third-order valence-electron chi connectivity index (χ3n) is 4.24. The van der Waals surface area contributed by atoms with Gasteiger partial charge in [-0.05, 0) is 44.5 Å². The van der Waals surface area contributed by atoms with Crippen molar-refractivity contribution >= 4 is 27.4 Å². The molecule has 3 heterocycles. The summed E-state index contributed by atoms with van der Waals surface area (Å²) in [6.45, 7) is 4.11. The highest BCUT2D eigenvalue weighted by Crippen LogP contribution is 2.35. The summed E-state index contributed by atoms with van der Waals surface area (Å²) in [5, 5.41) is 8.19. The lowest BCUT2D eigenvalue weighted by Crippen LogP contribution is -2.35. The van der Waals surface area contributed by atoms with Gasteiger partial charge in [-0.3, -0.25) is 0 Å². The quantitative estimate of drug-likeness (QED) is 0.769. The molecule has 1 saturated heterocycles. The molecule has 4 nitrogen and oxygen atoms in total. The number of nitrogens with one attached hydrogen (secondary N) is 2. The van der Waals surface area contributed by atoms with Crippen LogP contribution in [0.2, 0.25) is 0 Å². The Kier molecular flexibility index (Phi) is 3.97. The molecule has 23 heavy (non-hydrogen) atoms. The van der Waals surface area contributed by atoms with Crippen molar-refractivity contribution in [2.75, 3.05) is 18.4 Å². The van der Waals surface area contributed by atoms with Crippen molar-refractivity contribution in [1.29, 1.82) is 0 Å². The Hall–Kier alpha value is -1.98. The van der Waals surface area contributed by atoms with Crippen molar-refractivity contribution in [3.05, 3.63) is 42.2 Å². The fraction of sp³-hybridized carbons (Fsp3) is 0.333. The minimum absolute atomic E-state index is 0.494. The van der Waals surface area contributed by atoms with Crippen LogP contribution >= 0.6 is 11.3 Å². The minimum Gasteiger partial charge on any atom is -0.367 e. The Morgan fingerprint density at radius 2 is 1.91 bits per heavy atom. The van der Waals surface area contributed by atoms with E-state index in [-0.39, 0.29) is 0 Å². The Balaban J connectivity index is 1.73. The van der Waals surface area contributed by atoms with Gasteiger partial charge in [0.05, 0.1) is 5.39 Å². The van der Waals surface area contributed by atoms with Crippen LogP contribution in [0.15, 0.2) is 36.4 Å². The van der Waals surface area contributed by atoms with E-state index in [4.69, 9.17) is 0 Å². The molecule has 0 unspecified atom stereocenters. The second kappa shape index (κ2) is 6.26. The number of anilines is 1. The Bertz CT molecular complexity index is 807. The van der Waals surface area contributed by atoms with E-state index in [0.717, 1.165) is 47.8 Å². The number of fused-ring (bicyclic) bond motifs is 1. The first-order valence-electron chi connectivity index (χ1n) is 8.10. The Morgan fingerprint density at radius 1 is 1.13 bits per heavy atom. The lowest BCUT2D eigenvalue weighted by Gasteiger charge is -2.24. The molecule has 118 valence electrons. The smallest absolute Gasteiger partial charge is 0.138 e. The maximum atomic E-state index is 4.67. The summed E-state index contributed by atoms with van der Waals surface area (Å²) in [4.78, 5) is 11.6. The molecule has 0 bridgehead atoms. The predicted molar refractivity (Wildman–Crippen MR) is 97.1 cm³/mol. The summed E-state index contributed by atoms with van der Waals surface area (Å²) in [5.41, 5.74) is 1.24. The van der Waals surface area contributed by atoms with Crippen LogP contribution in [0.25, 0.3) is 20.7 Å². The molecule has 4 rings (SSSR count). The van der Waals surface area contributed by atoms with Crippen LogP contribution in [-0.4, -0.2) is 29.1 Å². The van der Waals surface area contributed by atoms with E-state index in [0.29, 0.717) is 6.04 Å². The van der Waals surface area contributed by atoms with Gasteiger partial charge in [-0.1, -0.05) is 30.3 Å². The fourth-order valence-electron chi connectivity index (χ4n) is 3.04. The van der Waals surface area contributed by atoms with Gasteiger partial charge in [0.2, 0.25) is 0 Å². The molecule has 0 spiro atoms. The first kappa shape index (κ1) is 14.6. The molecule has 5 heteroatoms. The zero-order valence-corrected chi connectivity index (χ0v) is 14.0. The van der Waals surface area contributed by atoms with Gasteiger partial charge >= 0.3 is 0 Å². The highest BCUT2D eigenvalue weighted by Gasteiger charge is 2.17. The van der Waals surface area contributed by atoms with Crippen LogP contribution in [0.3, 0.4) is 0 Å². The first-order valence-corrected chi connectivity index (χ1v) is 8.92. The minimum atomic E-state index is 0.494. The summed E-state index contributed by atoms with van der Waals surface area (Å²) in [5.74, 6) is 1.81. The van der Waals surface area contributed by atoms with Crippen LogP contribution < -0.4 is 10.6 Å². The molecule has 0 atom stereocenters. The molecule has 1 aliphatic rings. The van der Waals surface area contributed by atoms with Gasteiger partial charge in [0.15, 0.2) is 0 Å². The molecule has 1 fully saturated rings. The van der Waals surface area contributed by atoms with Crippen LogP contribution in [0.1, 0.15) is 18.7 Å². The molecule has 0 radical (unpaired) electrons. The second-order valence-corrected chi connectivity index (χ2v) is 7.01. The fourth-order valence-corrected chi connectivity index (χ4v) is 4.12. The number of thiophene rings is 1. The van der Waals surface area contributed by atoms with Crippen molar-refractivity contribution in [3.8, 4) is 10.4 Å². The predicted octanol–water partition coefficient (Wildman–Crippen LogP) is 3.83. The number of aromatic nitrogens is 2. The highest BCUT2D eigenvalue weighted by molar-refractivity contribution is 7.21. The maximum Gasteiger partial charge on any atom is 0.138 e. The number of rotatable bonds is 3. The van der Waals surface area contributed by atoms with Crippen LogP contribution in [0.4, 0.5) is 5.82 Å². The number of benzene rings is 1. The molecule has 1 aliphatic heterocycles. The molecular formula is C18H20N4S. The van der Waals surface area contributed by atoms with Crippen molar-refractivity contribution in [2.45, 2.75) is 25.8 Å². The SMILES string of the molecule is Cc1nc(NC2CCNCC2)c2cc(-c3ccccc3)sc2n1. The Morgan fingerprint density at radius 3 is 2.70 bits per heavy atom. The maximum absolute atomic E-state index is 4.67. The van der Waals surface area contributed by atoms with E-state index in [1.807, 2.05) is 13.0 Å². The lowest BCUT2D eigenvalue weighted by molar-refractivity contribution is 0.478. The lowest BCUT2D eigenvalue weighted by atomic mass is 10.1. The molecule has 0 saturated carbocycles. The molecule has 0 amide bonds. The second-order valence-electron chi connectivity index (χ2n) is 5.98. The molecule has 2 N–H and O–H groups in total. The van der Waals surface area contributed by atoms with Gasteiger partial charge in [-0.15, -0.1) is 11.3 Å². The summed E-state index contributed by atoms with van der Waals surface area (Å²) >= 11 is 1.74. The van der Waals surface area contributed by atoms with E-state index in [1.54, 1.807) is 11.3 Å². The first-order chi connectivity index (χ1) is 11.3. The van der Waals surface area contributed by atoms with Crippen molar-refractivity contribution in [2.24, 2.45) is 0 Å². The van der Waals surface area contributed by atoms with Crippen molar-refractivity contribution in [1.82, 2.24) is 15.3 Å². The topological polar surface area (TPSA) is 49.8 Å². The zero-order valence-electron chi connectivity index (χ0n) is 13.2. The number of piperidine rings is 1. The van der Waals surface area contributed by atoms with Crippen LogP contribution in [0, 0.1) is 6.92 Å². The third kappa shape index (κ3) is 3.07. The standard InChI is InChI=1S/C18H20N4S/c1-12-20-17(22-14-7-9-19-10-8-14)15-11-16(23-18(15)21-12)13-5-3-2-4-6-13/h2-6,11,14,19H,7-10H2,1H3,(H,20,21,22). The number of hydrogen-bond acceptors (Lipinski definition) is 5. The molecular weight excluding hydrogens is 304 g/mol. The van der Waals surface area contributed by atoms with Crippen LogP contribution in [-0.2, 0) is 0 Å². The normalized spacial score (nSPS) is 15.9. The van der Waals surface area contributed by atoms with Gasteiger partial charge in [0.1, 0.15) is 16.5 Å². The van der Waals surface area contributed by atoms with E-state index in [9.17, 15) is 0 Å². The zero-order chi connectivity index (χ0) is 15.6. The largest absolute Gasteiger partial charge is 0.367 e. The van der Waals surface area contributed by atoms with E-state index in [2.05, 4.69) is 50.9 Å². The van der Waals surface area contributed by atoms with Gasteiger partial charge < -0.3 is 10.6 Å². The summed E-state index contributed by atoms with van der Waals surface area (Å²) in [7, 11) is 0. The van der Waals surface area contributed by atoms with Gasteiger partial charge in [-0.2, -0.15) is 0 Å². The monoisotopic (exact) mass is 324 g/mol. The van der Waals surface area contributed by atoms with Crippen molar-refractivity contribution < 1.29 is 0 Å². The van der Waals surface area contributed by atoms with E-state index in [1.165, 1.54) is 10.4 Å². The summed E-state index contributed by atoms with van der Waals surface area (Å²) in [6, 6.07) is 13.2. The molecule has 2 aromatic heterocycles. The number of aryl methyl sites for hydroxylation is 1. The average molecular weight is 324 g/mol. The van der Waals surface area contributed by atoms with Gasteiger partial charge in [0, 0.05) is 10.9 Å². The van der Waals surface area contributed by atoms with E-state index < -0.39 is 0 Å². The van der Waals surface area contributed by atoms with E-state index >= 15 is 0 Å². The number of hydrogen-bond donors (Lipinski definition) is 2.